The van der Waals surface area contributed by atoms with Gasteiger partial charge in [0.05, 0.1) is 17.1 Å². The summed E-state index contributed by atoms with van der Waals surface area (Å²) in [5.41, 5.74) is -0.175. The predicted molar refractivity (Wildman–Crippen MR) is 88.2 cm³/mol. The number of aliphatic hydroxyl groups excluding tert-OH is 1. The molecular weight excluding hydrogens is 387 g/mol. The van der Waals surface area contributed by atoms with Crippen molar-refractivity contribution < 1.29 is 14.8 Å². The number of halogens is 1. The van der Waals surface area contributed by atoms with Crippen molar-refractivity contribution in [1.82, 2.24) is 5.32 Å². The topological polar surface area (TPSA) is 92.5 Å². The minimum Gasteiger partial charge on any atom is -0.396 e. The standard InChI is InChI=1S/C14H19IN2O4/c1-3-14(4-2,9-18)8-16-13(19)11-7-10(17(20)21)5-6-12(11)15/h5-7,18H,3-4,8-9H2,1-2H3,(H,16,19). The fourth-order valence-corrected chi connectivity index (χ4v) is 2.52. The Morgan fingerprint density at radius 3 is 2.52 bits per heavy atom. The van der Waals surface area contributed by atoms with Crippen LogP contribution in [-0.4, -0.2) is 29.1 Å². The number of rotatable bonds is 7. The summed E-state index contributed by atoms with van der Waals surface area (Å²) in [6.45, 7) is 4.26. The second kappa shape index (κ2) is 7.69. The van der Waals surface area contributed by atoms with E-state index in [9.17, 15) is 20.0 Å². The van der Waals surface area contributed by atoms with Crippen molar-refractivity contribution >= 4 is 34.2 Å². The Balaban J connectivity index is 2.89. The first kappa shape index (κ1) is 17.8. The van der Waals surface area contributed by atoms with Crippen LogP contribution in [0.3, 0.4) is 0 Å². The lowest BCUT2D eigenvalue weighted by Crippen LogP contribution is -2.39. The van der Waals surface area contributed by atoms with E-state index in [0.717, 1.165) is 12.8 Å². The lowest BCUT2D eigenvalue weighted by molar-refractivity contribution is -0.384. The molecule has 21 heavy (non-hydrogen) atoms. The molecule has 0 aliphatic rings. The molecule has 0 aliphatic heterocycles. The van der Waals surface area contributed by atoms with E-state index in [1.807, 2.05) is 36.4 Å². The van der Waals surface area contributed by atoms with E-state index in [1.54, 1.807) is 6.07 Å². The molecule has 0 atom stereocenters. The molecule has 6 nitrogen and oxygen atoms in total. The van der Waals surface area contributed by atoms with Crippen molar-refractivity contribution in [3.8, 4) is 0 Å². The van der Waals surface area contributed by atoms with Gasteiger partial charge in [-0.2, -0.15) is 0 Å². The van der Waals surface area contributed by atoms with Gasteiger partial charge in [0.15, 0.2) is 0 Å². The van der Waals surface area contributed by atoms with Crippen molar-refractivity contribution in [1.29, 1.82) is 0 Å². The second-order valence-electron chi connectivity index (χ2n) is 4.97. The molecule has 7 heteroatoms. The third-order valence-electron chi connectivity index (χ3n) is 3.86. The molecule has 0 fully saturated rings. The zero-order chi connectivity index (χ0) is 16.0. The molecule has 0 saturated heterocycles. The van der Waals surface area contributed by atoms with Crippen LogP contribution in [0, 0.1) is 19.1 Å². The first-order chi connectivity index (χ1) is 9.89. The lowest BCUT2D eigenvalue weighted by Gasteiger charge is -2.29. The lowest BCUT2D eigenvalue weighted by atomic mass is 9.83. The molecule has 1 aromatic rings. The summed E-state index contributed by atoms with van der Waals surface area (Å²) < 4.78 is 0.651. The highest BCUT2D eigenvalue weighted by Gasteiger charge is 2.26. The summed E-state index contributed by atoms with van der Waals surface area (Å²) in [6, 6.07) is 4.19. The monoisotopic (exact) mass is 406 g/mol. The number of non-ortho nitro benzene ring substituents is 1. The molecule has 0 heterocycles. The van der Waals surface area contributed by atoms with Crippen molar-refractivity contribution in [2.24, 2.45) is 5.41 Å². The molecular formula is C14H19IN2O4. The summed E-state index contributed by atoms with van der Waals surface area (Å²) in [4.78, 5) is 22.5. The molecule has 0 unspecified atom stereocenters. The largest absolute Gasteiger partial charge is 0.396 e. The van der Waals surface area contributed by atoms with Crippen LogP contribution >= 0.6 is 22.6 Å². The number of benzene rings is 1. The quantitative estimate of drug-likeness (QED) is 0.414. The van der Waals surface area contributed by atoms with Crippen LogP contribution < -0.4 is 5.32 Å². The van der Waals surface area contributed by atoms with E-state index in [1.165, 1.54) is 12.1 Å². The molecule has 0 bridgehead atoms. The maximum Gasteiger partial charge on any atom is 0.270 e. The molecule has 0 radical (unpaired) electrons. The second-order valence-corrected chi connectivity index (χ2v) is 6.13. The zero-order valence-electron chi connectivity index (χ0n) is 12.1. The molecule has 0 spiro atoms. The van der Waals surface area contributed by atoms with Crippen LogP contribution in [0.25, 0.3) is 0 Å². The smallest absolute Gasteiger partial charge is 0.270 e. The number of hydrogen-bond donors (Lipinski definition) is 2. The molecule has 0 aliphatic carbocycles. The molecule has 116 valence electrons. The van der Waals surface area contributed by atoms with Crippen LogP contribution in [0.2, 0.25) is 0 Å². The first-order valence-electron chi connectivity index (χ1n) is 6.72. The van der Waals surface area contributed by atoms with Gasteiger partial charge in [0, 0.05) is 27.7 Å². The van der Waals surface area contributed by atoms with Crippen LogP contribution in [0.1, 0.15) is 37.0 Å². The van der Waals surface area contributed by atoms with E-state index < -0.39 is 4.92 Å². The summed E-state index contributed by atoms with van der Waals surface area (Å²) in [7, 11) is 0. The van der Waals surface area contributed by atoms with Crippen LogP contribution in [0.15, 0.2) is 18.2 Å². The van der Waals surface area contributed by atoms with E-state index in [0.29, 0.717) is 10.1 Å². The number of amides is 1. The Bertz CT molecular complexity index is 521. The predicted octanol–water partition coefficient (Wildman–Crippen LogP) is 2.73. The van der Waals surface area contributed by atoms with E-state index in [-0.39, 0.29) is 29.2 Å². The Kier molecular flexibility index (Phi) is 6.53. The third kappa shape index (κ3) is 4.37. The summed E-state index contributed by atoms with van der Waals surface area (Å²) in [5.74, 6) is -0.358. The number of aliphatic hydroxyl groups is 1. The fourth-order valence-electron chi connectivity index (χ4n) is 1.94. The molecule has 0 saturated carbocycles. The molecule has 2 N–H and O–H groups in total. The third-order valence-corrected chi connectivity index (χ3v) is 4.81. The van der Waals surface area contributed by atoms with Crippen molar-refractivity contribution in [2.45, 2.75) is 26.7 Å². The van der Waals surface area contributed by atoms with Gasteiger partial charge in [-0.05, 0) is 41.5 Å². The van der Waals surface area contributed by atoms with Gasteiger partial charge in [0.25, 0.3) is 11.6 Å². The molecule has 1 rings (SSSR count). The summed E-state index contributed by atoms with van der Waals surface area (Å²) in [5, 5.41) is 23.0. The van der Waals surface area contributed by atoms with Crippen LogP contribution in [0.5, 0.6) is 0 Å². The van der Waals surface area contributed by atoms with Gasteiger partial charge in [-0.1, -0.05) is 13.8 Å². The van der Waals surface area contributed by atoms with Crippen molar-refractivity contribution in [3.63, 3.8) is 0 Å². The maximum absolute atomic E-state index is 12.2. The Morgan fingerprint density at radius 2 is 2.05 bits per heavy atom. The minimum absolute atomic E-state index is 0.00763. The summed E-state index contributed by atoms with van der Waals surface area (Å²) >= 11 is 1.97. The highest BCUT2D eigenvalue weighted by molar-refractivity contribution is 14.1. The zero-order valence-corrected chi connectivity index (χ0v) is 14.2. The molecule has 1 aromatic carbocycles. The van der Waals surface area contributed by atoms with Crippen LogP contribution in [0.4, 0.5) is 5.69 Å². The number of nitrogens with one attached hydrogen (secondary N) is 1. The Hall–Kier alpha value is -1.22. The fraction of sp³-hybridized carbons (Fsp3) is 0.500. The van der Waals surface area contributed by atoms with Gasteiger partial charge in [0.1, 0.15) is 0 Å². The van der Waals surface area contributed by atoms with Gasteiger partial charge in [0.2, 0.25) is 0 Å². The number of hydrogen-bond acceptors (Lipinski definition) is 4. The van der Waals surface area contributed by atoms with Gasteiger partial charge in [-0.15, -0.1) is 0 Å². The summed E-state index contributed by atoms with van der Waals surface area (Å²) in [6.07, 6.45) is 1.48. The number of nitrogens with zero attached hydrogens (tertiary/aromatic N) is 1. The number of carbonyl (C=O) groups excluding carboxylic acids is 1. The van der Waals surface area contributed by atoms with Gasteiger partial charge >= 0.3 is 0 Å². The molecule has 1 amide bonds. The average molecular weight is 406 g/mol. The number of carbonyl (C=O) groups is 1. The number of nitro benzene ring substituents is 1. The van der Waals surface area contributed by atoms with Crippen LogP contribution in [-0.2, 0) is 0 Å². The maximum atomic E-state index is 12.2. The van der Waals surface area contributed by atoms with Gasteiger partial charge < -0.3 is 10.4 Å². The first-order valence-corrected chi connectivity index (χ1v) is 7.80. The normalized spacial score (nSPS) is 11.2. The van der Waals surface area contributed by atoms with Crippen molar-refractivity contribution in [2.75, 3.05) is 13.2 Å². The highest BCUT2D eigenvalue weighted by Crippen LogP contribution is 2.25. The SMILES string of the molecule is CCC(CC)(CO)CNC(=O)c1cc([N+](=O)[O-])ccc1I. The Morgan fingerprint density at radius 1 is 1.43 bits per heavy atom. The highest BCUT2D eigenvalue weighted by atomic mass is 127. The van der Waals surface area contributed by atoms with Gasteiger partial charge in [-0.25, -0.2) is 0 Å². The van der Waals surface area contributed by atoms with E-state index in [4.69, 9.17) is 0 Å². The van der Waals surface area contributed by atoms with Gasteiger partial charge in [-0.3, -0.25) is 14.9 Å². The van der Waals surface area contributed by atoms with E-state index in [2.05, 4.69) is 5.32 Å². The Labute approximate surface area is 137 Å². The van der Waals surface area contributed by atoms with Crippen molar-refractivity contribution in [3.05, 3.63) is 37.4 Å². The number of nitro groups is 1. The molecule has 0 aromatic heterocycles. The minimum atomic E-state index is -0.525. The van der Waals surface area contributed by atoms with E-state index >= 15 is 0 Å². The average Bonchev–Trinajstić information content (AvgIpc) is 2.49.